The summed E-state index contributed by atoms with van der Waals surface area (Å²) in [7, 11) is 0. The minimum absolute atomic E-state index is 0.118. The smallest absolute Gasteiger partial charge is 0.314 e. The molecule has 3 N–H and O–H groups in total. The predicted molar refractivity (Wildman–Crippen MR) is 86.9 cm³/mol. The summed E-state index contributed by atoms with van der Waals surface area (Å²) in [5.41, 5.74) is 2.07. The third-order valence-corrected chi connectivity index (χ3v) is 5.27. The molecule has 0 spiro atoms. The third kappa shape index (κ3) is 3.27. The standard InChI is InChI=1S/C18H26N2O2/c1-14-6-2-3-7-15(14)17(10-11-17)12-19-16(21)20-13-18(22)8-4-5-9-18/h2-3,6-7,22H,4-5,8-13H2,1H3,(H2,19,20,21). The first-order valence-corrected chi connectivity index (χ1v) is 8.33. The number of hydrogen-bond acceptors (Lipinski definition) is 2. The monoisotopic (exact) mass is 302 g/mol. The van der Waals surface area contributed by atoms with Crippen LogP contribution in [-0.2, 0) is 5.41 Å². The quantitative estimate of drug-likeness (QED) is 0.783. The van der Waals surface area contributed by atoms with Gasteiger partial charge in [0.05, 0.1) is 5.60 Å². The van der Waals surface area contributed by atoms with E-state index in [1.807, 2.05) is 0 Å². The first kappa shape index (κ1) is 15.3. The van der Waals surface area contributed by atoms with Gasteiger partial charge in [-0.1, -0.05) is 37.1 Å². The molecular formula is C18H26N2O2. The molecular weight excluding hydrogens is 276 g/mol. The Kier molecular flexibility index (Phi) is 4.13. The van der Waals surface area contributed by atoms with Crippen molar-refractivity contribution in [2.24, 2.45) is 0 Å². The minimum atomic E-state index is -0.690. The van der Waals surface area contributed by atoms with E-state index in [1.54, 1.807) is 0 Å². The largest absolute Gasteiger partial charge is 0.388 e. The number of aliphatic hydroxyl groups is 1. The number of aryl methyl sites for hydroxylation is 1. The van der Waals surface area contributed by atoms with Crippen molar-refractivity contribution in [1.29, 1.82) is 0 Å². The van der Waals surface area contributed by atoms with Crippen molar-refractivity contribution in [2.75, 3.05) is 13.1 Å². The maximum absolute atomic E-state index is 12.0. The highest BCUT2D eigenvalue weighted by Gasteiger charge is 2.45. The van der Waals surface area contributed by atoms with E-state index < -0.39 is 5.60 Å². The lowest BCUT2D eigenvalue weighted by molar-refractivity contribution is 0.0501. The molecule has 0 bridgehead atoms. The number of hydrogen-bond donors (Lipinski definition) is 3. The second-order valence-corrected chi connectivity index (χ2v) is 7.06. The normalized spacial score (nSPS) is 21.4. The van der Waals surface area contributed by atoms with Gasteiger partial charge in [-0.2, -0.15) is 0 Å². The van der Waals surface area contributed by atoms with E-state index in [0.717, 1.165) is 38.5 Å². The van der Waals surface area contributed by atoms with Gasteiger partial charge in [-0.3, -0.25) is 0 Å². The van der Waals surface area contributed by atoms with Crippen LogP contribution in [0.3, 0.4) is 0 Å². The Morgan fingerprint density at radius 2 is 1.73 bits per heavy atom. The molecule has 22 heavy (non-hydrogen) atoms. The first-order chi connectivity index (χ1) is 10.5. The molecule has 2 saturated carbocycles. The van der Waals surface area contributed by atoms with Gasteiger partial charge in [-0.15, -0.1) is 0 Å². The Hall–Kier alpha value is -1.55. The van der Waals surface area contributed by atoms with E-state index in [9.17, 15) is 9.90 Å². The van der Waals surface area contributed by atoms with E-state index >= 15 is 0 Å². The van der Waals surface area contributed by atoms with Crippen LogP contribution in [0.25, 0.3) is 0 Å². The molecule has 1 aromatic carbocycles. The van der Waals surface area contributed by atoms with Crippen LogP contribution < -0.4 is 10.6 Å². The number of rotatable bonds is 5. The molecule has 0 atom stereocenters. The van der Waals surface area contributed by atoms with Gasteiger partial charge in [0.25, 0.3) is 0 Å². The van der Waals surface area contributed by atoms with Crippen molar-refractivity contribution < 1.29 is 9.90 Å². The summed E-state index contributed by atoms with van der Waals surface area (Å²) in [5.74, 6) is 0. The van der Waals surface area contributed by atoms with Crippen LogP contribution in [0.2, 0.25) is 0 Å². The van der Waals surface area contributed by atoms with Crippen LogP contribution >= 0.6 is 0 Å². The van der Waals surface area contributed by atoms with Gasteiger partial charge >= 0.3 is 6.03 Å². The summed E-state index contributed by atoms with van der Waals surface area (Å²) < 4.78 is 0. The summed E-state index contributed by atoms with van der Waals surface area (Å²) in [6.45, 7) is 3.16. The van der Waals surface area contributed by atoms with Gasteiger partial charge in [0.1, 0.15) is 0 Å². The molecule has 1 aromatic rings. The summed E-state index contributed by atoms with van der Waals surface area (Å²) in [5, 5.41) is 16.1. The Labute approximate surface area is 132 Å². The van der Waals surface area contributed by atoms with Crippen molar-refractivity contribution >= 4 is 6.03 Å². The van der Waals surface area contributed by atoms with Crippen molar-refractivity contribution in [3.05, 3.63) is 35.4 Å². The molecule has 0 heterocycles. The number of amides is 2. The fraction of sp³-hybridized carbons (Fsp3) is 0.611. The van der Waals surface area contributed by atoms with Crippen LogP contribution in [0, 0.1) is 6.92 Å². The number of carbonyl (C=O) groups excluding carboxylic acids is 1. The summed E-state index contributed by atoms with van der Waals surface area (Å²) in [6.07, 6.45) is 5.94. The van der Waals surface area contributed by atoms with Crippen LogP contribution in [0.15, 0.2) is 24.3 Å². The van der Waals surface area contributed by atoms with Gasteiger partial charge < -0.3 is 15.7 Å². The highest BCUT2D eigenvalue weighted by atomic mass is 16.3. The van der Waals surface area contributed by atoms with E-state index in [4.69, 9.17) is 0 Å². The highest BCUT2D eigenvalue weighted by molar-refractivity contribution is 5.74. The lowest BCUT2D eigenvalue weighted by Gasteiger charge is -2.23. The average Bonchev–Trinajstić information content (AvgIpc) is 3.18. The maximum atomic E-state index is 12.0. The Morgan fingerprint density at radius 1 is 1.09 bits per heavy atom. The second-order valence-electron chi connectivity index (χ2n) is 7.06. The van der Waals surface area contributed by atoms with Gasteiger partial charge in [-0.25, -0.2) is 4.79 Å². The molecule has 2 amide bonds. The fourth-order valence-electron chi connectivity index (χ4n) is 3.63. The van der Waals surface area contributed by atoms with Gasteiger partial charge in [-0.05, 0) is 43.7 Å². The van der Waals surface area contributed by atoms with E-state index in [1.165, 1.54) is 11.1 Å². The van der Waals surface area contributed by atoms with Crippen LogP contribution in [0.1, 0.15) is 49.7 Å². The lowest BCUT2D eigenvalue weighted by Crippen LogP contribution is -2.46. The zero-order chi connectivity index (χ0) is 15.6. The van der Waals surface area contributed by atoms with Gasteiger partial charge in [0, 0.05) is 18.5 Å². The molecule has 120 valence electrons. The molecule has 2 aliphatic carbocycles. The van der Waals surface area contributed by atoms with Crippen molar-refractivity contribution in [2.45, 2.75) is 56.5 Å². The topological polar surface area (TPSA) is 61.4 Å². The zero-order valence-electron chi connectivity index (χ0n) is 13.3. The Morgan fingerprint density at radius 3 is 2.36 bits per heavy atom. The predicted octanol–water partition coefficient (Wildman–Crippen LogP) is 2.63. The molecule has 0 unspecified atom stereocenters. The number of carbonyl (C=O) groups is 1. The highest BCUT2D eigenvalue weighted by Crippen LogP contribution is 2.48. The molecule has 2 fully saturated rings. The molecule has 4 heteroatoms. The SMILES string of the molecule is Cc1ccccc1C1(CNC(=O)NCC2(O)CCCC2)CC1. The minimum Gasteiger partial charge on any atom is -0.388 e. The van der Waals surface area contributed by atoms with Crippen molar-refractivity contribution in [3.63, 3.8) is 0 Å². The molecule has 3 rings (SSSR count). The Balaban J connectivity index is 1.50. The fourth-order valence-corrected chi connectivity index (χ4v) is 3.63. The van der Waals surface area contributed by atoms with Gasteiger partial charge in [0.2, 0.25) is 0 Å². The molecule has 4 nitrogen and oxygen atoms in total. The van der Waals surface area contributed by atoms with Crippen molar-refractivity contribution in [3.8, 4) is 0 Å². The lowest BCUT2D eigenvalue weighted by atomic mass is 9.92. The molecule has 2 aliphatic rings. The van der Waals surface area contributed by atoms with Crippen molar-refractivity contribution in [1.82, 2.24) is 10.6 Å². The summed E-state index contributed by atoms with van der Waals surface area (Å²) >= 11 is 0. The Bertz CT molecular complexity index is 546. The first-order valence-electron chi connectivity index (χ1n) is 8.33. The number of benzene rings is 1. The maximum Gasteiger partial charge on any atom is 0.314 e. The summed E-state index contributed by atoms with van der Waals surface area (Å²) in [4.78, 5) is 12.0. The van der Waals surface area contributed by atoms with Crippen LogP contribution in [0.4, 0.5) is 4.79 Å². The number of urea groups is 1. The third-order valence-electron chi connectivity index (χ3n) is 5.27. The van der Waals surface area contributed by atoms with Crippen LogP contribution in [0.5, 0.6) is 0 Å². The van der Waals surface area contributed by atoms with Crippen LogP contribution in [-0.4, -0.2) is 29.8 Å². The average molecular weight is 302 g/mol. The number of nitrogens with one attached hydrogen (secondary N) is 2. The van der Waals surface area contributed by atoms with E-state index in [-0.39, 0.29) is 11.4 Å². The molecule has 0 saturated heterocycles. The summed E-state index contributed by atoms with van der Waals surface area (Å²) in [6, 6.07) is 8.25. The second kappa shape index (κ2) is 5.92. The van der Waals surface area contributed by atoms with Gasteiger partial charge in [0.15, 0.2) is 0 Å². The molecule has 0 aromatic heterocycles. The molecule has 0 aliphatic heterocycles. The van der Waals surface area contributed by atoms with E-state index in [2.05, 4.69) is 41.8 Å². The molecule has 0 radical (unpaired) electrons. The van der Waals surface area contributed by atoms with E-state index in [0.29, 0.717) is 13.1 Å². The zero-order valence-corrected chi connectivity index (χ0v) is 13.3.